The van der Waals surface area contributed by atoms with Gasteiger partial charge in [-0.05, 0) is 61.6 Å². The minimum atomic E-state index is -4.29. The Morgan fingerprint density at radius 1 is 1.04 bits per heavy atom. The molecule has 0 amide bonds. The Bertz CT molecular complexity index is 665. The minimum Gasteiger partial charge on any atom is -0.508 e. The average Bonchev–Trinajstić information content (AvgIpc) is 2.53. The Morgan fingerprint density at radius 2 is 1.67 bits per heavy atom. The third-order valence-electron chi connectivity index (χ3n) is 4.06. The largest absolute Gasteiger partial charge is 0.508 e. The van der Waals surface area contributed by atoms with Gasteiger partial charge in [0.15, 0.2) is 0 Å². The fourth-order valence-corrected chi connectivity index (χ4v) is 2.46. The van der Waals surface area contributed by atoms with Crippen molar-refractivity contribution in [3.05, 3.63) is 64.7 Å². The lowest BCUT2D eigenvalue weighted by atomic mass is 10.0. The highest BCUT2D eigenvalue weighted by Gasteiger charge is 2.29. The first-order chi connectivity index (χ1) is 11.3. The lowest BCUT2D eigenvalue weighted by Crippen LogP contribution is -2.26. The molecule has 1 atom stereocenters. The molecule has 0 aliphatic heterocycles. The van der Waals surface area contributed by atoms with E-state index in [1.807, 2.05) is 19.1 Å². The topological polar surface area (TPSA) is 32.3 Å². The van der Waals surface area contributed by atoms with Crippen LogP contribution in [0.1, 0.15) is 35.6 Å². The fraction of sp³-hybridized carbons (Fsp3) is 0.368. The lowest BCUT2D eigenvalue weighted by molar-refractivity contribution is -0.137. The van der Waals surface area contributed by atoms with E-state index in [2.05, 4.69) is 12.2 Å². The second-order valence-electron chi connectivity index (χ2n) is 6.14. The van der Waals surface area contributed by atoms with Gasteiger partial charge < -0.3 is 10.4 Å². The number of aryl methyl sites for hydroxylation is 2. The smallest absolute Gasteiger partial charge is 0.416 e. The van der Waals surface area contributed by atoms with Crippen LogP contribution in [0.4, 0.5) is 13.2 Å². The van der Waals surface area contributed by atoms with E-state index in [0.29, 0.717) is 12.3 Å². The van der Waals surface area contributed by atoms with Crippen molar-refractivity contribution < 1.29 is 18.3 Å². The van der Waals surface area contributed by atoms with Crippen molar-refractivity contribution in [1.82, 2.24) is 5.32 Å². The molecule has 2 rings (SSSR count). The summed E-state index contributed by atoms with van der Waals surface area (Å²) in [6.45, 7) is 4.45. The number of benzene rings is 2. The van der Waals surface area contributed by atoms with Crippen LogP contribution in [-0.2, 0) is 19.1 Å². The quantitative estimate of drug-likeness (QED) is 0.791. The standard InChI is InChI=1S/C19H22F3NO/c1-13-11-15(7-10-18(13)24)4-3-14(2)23-12-16-5-8-17(9-6-16)19(20,21)22/h5-11,14,23-24H,3-4,12H2,1-2H3. The number of rotatable bonds is 6. The summed E-state index contributed by atoms with van der Waals surface area (Å²) < 4.78 is 37.6. The molecule has 0 bridgehead atoms. The van der Waals surface area contributed by atoms with Gasteiger partial charge in [-0.25, -0.2) is 0 Å². The van der Waals surface area contributed by atoms with Crippen molar-refractivity contribution in [3.63, 3.8) is 0 Å². The first-order valence-electron chi connectivity index (χ1n) is 7.93. The van der Waals surface area contributed by atoms with Crippen molar-refractivity contribution >= 4 is 0 Å². The van der Waals surface area contributed by atoms with Crippen molar-refractivity contribution in [2.24, 2.45) is 0 Å². The molecular formula is C19H22F3NO. The fourth-order valence-electron chi connectivity index (χ4n) is 2.46. The summed E-state index contributed by atoms with van der Waals surface area (Å²) in [7, 11) is 0. The predicted octanol–water partition coefficient (Wildman–Crippen LogP) is 4.83. The van der Waals surface area contributed by atoms with E-state index in [9.17, 15) is 18.3 Å². The van der Waals surface area contributed by atoms with Gasteiger partial charge in [0.25, 0.3) is 0 Å². The number of hydrogen-bond donors (Lipinski definition) is 2. The molecule has 0 saturated carbocycles. The summed E-state index contributed by atoms with van der Waals surface area (Å²) in [5, 5.41) is 12.8. The zero-order chi connectivity index (χ0) is 17.7. The molecule has 0 aliphatic rings. The first kappa shape index (κ1) is 18.3. The number of hydrogen-bond acceptors (Lipinski definition) is 2. The molecule has 2 N–H and O–H groups in total. The molecule has 0 fully saturated rings. The van der Waals surface area contributed by atoms with Crippen LogP contribution in [0.2, 0.25) is 0 Å². The molecule has 5 heteroatoms. The molecule has 24 heavy (non-hydrogen) atoms. The van der Waals surface area contributed by atoms with Gasteiger partial charge in [-0.2, -0.15) is 13.2 Å². The molecule has 0 heterocycles. The summed E-state index contributed by atoms with van der Waals surface area (Å²) in [5.41, 5.74) is 2.23. The normalized spacial score (nSPS) is 13.0. The molecule has 2 nitrogen and oxygen atoms in total. The van der Waals surface area contributed by atoms with E-state index >= 15 is 0 Å². The number of halogens is 3. The molecule has 2 aromatic rings. The molecule has 0 aromatic heterocycles. The summed E-state index contributed by atoms with van der Waals surface area (Å²) in [6.07, 6.45) is -2.51. The molecule has 0 spiro atoms. The number of aromatic hydroxyl groups is 1. The maximum atomic E-state index is 12.5. The zero-order valence-electron chi connectivity index (χ0n) is 13.8. The van der Waals surface area contributed by atoms with E-state index in [-0.39, 0.29) is 6.04 Å². The van der Waals surface area contributed by atoms with Gasteiger partial charge in [0, 0.05) is 12.6 Å². The molecule has 2 aromatic carbocycles. The lowest BCUT2D eigenvalue weighted by Gasteiger charge is -2.15. The van der Waals surface area contributed by atoms with Gasteiger partial charge in [-0.15, -0.1) is 0 Å². The van der Waals surface area contributed by atoms with E-state index in [4.69, 9.17) is 0 Å². The Kier molecular flexibility index (Phi) is 5.89. The Labute approximate surface area is 140 Å². The third-order valence-corrected chi connectivity index (χ3v) is 4.06. The van der Waals surface area contributed by atoms with Crippen molar-refractivity contribution in [3.8, 4) is 5.75 Å². The van der Waals surface area contributed by atoms with Crippen LogP contribution in [0.5, 0.6) is 5.75 Å². The van der Waals surface area contributed by atoms with Gasteiger partial charge in [0.1, 0.15) is 5.75 Å². The summed E-state index contributed by atoms with van der Waals surface area (Å²) in [5.74, 6) is 0.298. The van der Waals surface area contributed by atoms with Crippen LogP contribution in [0, 0.1) is 6.92 Å². The van der Waals surface area contributed by atoms with E-state index < -0.39 is 11.7 Å². The summed E-state index contributed by atoms with van der Waals surface area (Å²) >= 11 is 0. The van der Waals surface area contributed by atoms with Crippen molar-refractivity contribution in [2.45, 2.75) is 45.5 Å². The second-order valence-corrected chi connectivity index (χ2v) is 6.14. The first-order valence-corrected chi connectivity index (χ1v) is 7.93. The maximum absolute atomic E-state index is 12.5. The third kappa shape index (κ3) is 5.27. The molecule has 0 radical (unpaired) electrons. The van der Waals surface area contributed by atoms with Gasteiger partial charge >= 0.3 is 6.18 Å². The predicted molar refractivity (Wildman–Crippen MR) is 88.9 cm³/mol. The van der Waals surface area contributed by atoms with Crippen molar-refractivity contribution in [1.29, 1.82) is 0 Å². The molecular weight excluding hydrogens is 315 g/mol. The van der Waals surface area contributed by atoms with Crippen molar-refractivity contribution in [2.75, 3.05) is 0 Å². The second kappa shape index (κ2) is 7.71. The molecule has 1 unspecified atom stereocenters. The average molecular weight is 337 g/mol. The van der Waals surface area contributed by atoms with E-state index in [0.717, 1.165) is 41.7 Å². The van der Waals surface area contributed by atoms with Gasteiger partial charge in [-0.3, -0.25) is 0 Å². The van der Waals surface area contributed by atoms with Gasteiger partial charge in [0.2, 0.25) is 0 Å². The van der Waals surface area contributed by atoms with E-state index in [1.165, 1.54) is 12.1 Å². The van der Waals surface area contributed by atoms with E-state index in [1.54, 1.807) is 6.07 Å². The van der Waals surface area contributed by atoms with Crippen LogP contribution in [-0.4, -0.2) is 11.1 Å². The molecule has 0 saturated heterocycles. The Balaban J connectivity index is 1.80. The molecule has 130 valence electrons. The number of phenolic OH excluding ortho intramolecular Hbond substituents is 1. The highest BCUT2D eigenvalue weighted by Crippen LogP contribution is 2.29. The Morgan fingerprint density at radius 3 is 2.25 bits per heavy atom. The molecule has 0 aliphatic carbocycles. The van der Waals surface area contributed by atoms with Crippen LogP contribution in [0.25, 0.3) is 0 Å². The van der Waals surface area contributed by atoms with Crippen LogP contribution >= 0.6 is 0 Å². The monoisotopic (exact) mass is 337 g/mol. The summed E-state index contributed by atoms with van der Waals surface area (Å²) in [4.78, 5) is 0. The minimum absolute atomic E-state index is 0.237. The van der Waals surface area contributed by atoms with Crippen LogP contribution < -0.4 is 5.32 Å². The van der Waals surface area contributed by atoms with Gasteiger partial charge in [0.05, 0.1) is 5.56 Å². The maximum Gasteiger partial charge on any atom is 0.416 e. The SMILES string of the molecule is Cc1cc(CCC(C)NCc2ccc(C(F)(F)F)cc2)ccc1O. The Hall–Kier alpha value is -2.01. The highest BCUT2D eigenvalue weighted by atomic mass is 19.4. The number of nitrogens with one attached hydrogen (secondary N) is 1. The van der Waals surface area contributed by atoms with Gasteiger partial charge in [-0.1, -0.05) is 24.3 Å². The van der Waals surface area contributed by atoms with Crippen LogP contribution in [0.15, 0.2) is 42.5 Å². The zero-order valence-corrected chi connectivity index (χ0v) is 13.8. The highest BCUT2D eigenvalue weighted by molar-refractivity contribution is 5.35. The summed E-state index contributed by atoms with van der Waals surface area (Å²) in [6, 6.07) is 11.1. The number of phenols is 1. The number of alkyl halides is 3. The van der Waals surface area contributed by atoms with Crippen LogP contribution in [0.3, 0.4) is 0 Å².